The van der Waals surface area contributed by atoms with Crippen LogP contribution in [0.25, 0.3) is 0 Å². The van der Waals surface area contributed by atoms with Gasteiger partial charge < -0.3 is 10.6 Å². The van der Waals surface area contributed by atoms with Crippen LogP contribution < -0.4 is 10.6 Å². The summed E-state index contributed by atoms with van der Waals surface area (Å²) in [5.74, 6) is 0.862. The molecule has 1 saturated heterocycles. The van der Waals surface area contributed by atoms with E-state index in [0.29, 0.717) is 6.04 Å². The summed E-state index contributed by atoms with van der Waals surface area (Å²) in [5, 5.41) is 7.70. The summed E-state index contributed by atoms with van der Waals surface area (Å²) in [6.45, 7) is 4.13. The minimum absolute atomic E-state index is 0.577. The third-order valence-electron chi connectivity index (χ3n) is 2.19. The number of nitrogens with one attached hydrogen (secondary N) is 2. The number of aromatic nitrogens is 2. The lowest BCUT2D eigenvalue weighted by molar-refractivity contribution is 0.479. The van der Waals surface area contributed by atoms with Gasteiger partial charge in [-0.25, -0.2) is 4.98 Å². The molecule has 0 unspecified atom stereocenters. The van der Waals surface area contributed by atoms with E-state index in [1.807, 2.05) is 6.92 Å². The molecule has 5 heteroatoms. The van der Waals surface area contributed by atoms with E-state index in [4.69, 9.17) is 0 Å². The van der Waals surface area contributed by atoms with E-state index in [2.05, 4.69) is 20.0 Å². The molecule has 1 aromatic heterocycles. The molecule has 0 saturated carbocycles. The van der Waals surface area contributed by atoms with Gasteiger partial charge in [-0.15, -0.1) is 0 Å². The van der Waals surface area contributed by atoms with Crippen molar-refractivity contribution in [2.75, 3.05) is 18.4 Å². The lowest BCUT2D eigenvalue weighted by atomic mass is 10.1. The van der Waals surface area contributed by atoms with Gasteiger partial charge in [-0.2, -0.15) is 4.37 Å². The van der Waals surface area contributed by atoms with E-state index in [-0.39, 0.29) is 0 Å². The van der Waals surface area contributed by atoms with Crippen molar-refractivity contribution in [3.8, 4) is 0 Å². The molecule has 0 bridgehead atoms. The molecule has 0 amide bonds. The van der Waals surface area contributed by atoms with E-state index < -0.39 is 0 Å². The van der Waals surface area contributed by atoms with Gasteiger partial charge in [0, 0.05) is 17.6 Å². The topological polar surface area (TPSA) is 49.8 Å². The van der Waals surface area contributed by atoms with Crippen molar-refractivity contribution >= 4 is 16.7 Å². The van der Waals surface area contributed by atoms with Crippen LogP contribution in [-0.4, -0.2) is 28.5 Å². The quantitative estimate of drug-likeness (QED) is 0.744. The number of hydrogen-bond donors (Lipinski definition) is 2. The number of hydrogen-bond acceptors (Lipinski definition) is 5. The Morgan fingerprint density at radius 1 is 1.46 bits per heavy atom. The average Bonchev–Trinajstić information content (AvgIpc) is 2.53. The Morgan fingerprint density at radius 2 is 2.23 bits per heavy atom. The van der Waals surface area contributed by atoms with Crippen LogP contribution in [0.3, 0.4) is 0 Å². The van der Waals surface area contributed by atoms with Gasteiger partial charge in [0.05, 0.1) is 0 Å². The maximum absolute atomic E-state index is 4.28. The Labute approximate surface area is 81.9 Å². The van der Waals surface area contributed by atoms with Gasteiger partial charge in [0.2, 0.25) is 5.13 Å². The Balaban J connectivity index is 1.89. The van der Waals surface area contributed by atoms with E-state index >= 15 is 0 Å². The van der Waals surface area contributed by atoms with Gasteiger partial charge in [-0.05, 0) is 32.9 Å². The molecule has 2 N–H and O–H groups in total. The Bertz CT molecular complexity index is 267. The molecule has 2 rings (SSSR count). The lowest BCUT2D eigenvalue weighted by Crippen LogP contribution is -2.35. The Morgan fingerprint density at radius 3 is 2.85 bits per heavy atom. The molecule has 4 nitrogen and oxygen atoms in total. The first-order chi connectivity index (χ1) is 6.34. The molecular formula is C8H14N4S. The van der Waals surface area contributed by atoms with Crippen LogP contribution in [0.5, 0.6) is 0 Å². The first kappa shape index (κ1) is 8.90. The number of anilines is 1. The zero-order chi connectivity index (χ0) is 9.10. The van der Waals surface area contributed by atoms with Crippen LogP contribution in [0.4, 0.5) is 5.13 Å². The standard InChI is InChI=1S/C8H14N4S/c1-6-10-8(13-12-6)11-7-2-4-9-5-3-7/h7,9H,2-5H2,1H3,(H,10,11,12). The number of nitrogens with zero attached hydrogens (tertiary/aromatic N) is 2. The van der Waals surface area contributed by atoms with Crippen molar-refractivity contribution in [2.24, 2.45) is 0 Å². The van der Waals surface area contributed by atoms with Crippen molar-refractivity contribution in [3.63, 3.8) is 0 Å². The largest absolute Gasteiger partial charge is 0.357 e. The fourth-order valence-corrected chi connectivity index (χ4v) is 2.15. The molecule has 0 aromatic carbocycles. The summed E-state index contributed by atoms with van der Waals surface area (Å²) in [5.41, 5.74) is 0. The average molecular weight is 198 g/mol. The summed E-state index contributed by atoms with van der Waals surface area (Å²) >= 11 is 1.45. The van der Waals surface area contributed by atoms with Gasteiger partial charge in [-0.1, -0.05) is 0 Å². The van der Waals surface area contributed by atoms with Crippen LogP contribution >= 0.6 is 11.5 Å². The first-order valence-corrected chi connectivity index (χ1v) is 5.39. The SMILES string of the molecule is Cc1nsc(NC2CCNCC2)n1. The normalized spacial score (nSPS) is 18.8. The smallest absolute Gasteiger partial charge is 0.202 e. The van der Waals surface area contributed by atoms with Crippen LogP contribution in [0.2, 0.25) is 0 Å². The second-order valence-electron chi connectivity index (χ2n) is 3.32. The highest BCUT2D eigenvalue weighted by molar-refractivity contribution is 7.09. The Hall–Kier alpha value is -0.680. The predicted octanol–water partition coefficient (Wildman–Crippen LogP) is 1.01. The van der Waals surface area contributed by atoms with Crippen LogP contribution in [0.15, 0.2) is 0 Å². The molecule has 0 atom stereocenters. The molecule has 0 radical (unpaired) electrons. The first-order valence-electron chi connectivity index (χ1n) is 4.62. The van der Waals surface area contributed by atoms with Gasteiger partial charge in [-0.3, -0.25) is 0 Å². The maximum Gasteiger partial charge on any atom is 0.202 e. The lowest BCUT2D eigenvalue weighted by Gasteiger charge is -2.22. The van der Waals surface area contributed by atoms with E-state index in [1.165, 1.54) is 24.4 Å². The highest BCUT2D eigenvalue weighted by atomic mass is 32.1. The van der Waals surface area contributed by atoms with Crippen molar-refractivity contribution < 1.29 is 0 Å². The van der Waals surface area contributed by atoms with Crippen LogP contribution in [-0.2, 0) is 0 Å². The molecule has 1 aliphatic rings. The zero-order valence-electron chi connectivity index (χ0n) is 7.71. The minimum atomic E-state index is 0.577. The second-order valence-corrected chi connectivity index (χ2v) is 4.07. The zero-order valence-corrected chi connectivity index (χ0v) is 8.52. The molecule has 13 heavy (non-hydrogen) atoms. The van der Waals surface area contributed by atoms with E-state index in [9.17, 15) is 0 Å². The maximum atomic E-state index is 4.28. The van der Waals surface area contributed by atoms with Crippen molar-refractivity contribution in [2.45, 2.75) is 25.8 Å². The molecule has 1 aliphatic heterocycles. The number of aryl methyl sites for hydroxylation is 1. The van der Waals surface area contributed by atoms with Gasteiger partial charge >= 0.3 is 0 Å². The molecule has 0 aliphatic carbocycles. The van der Waals surface area contributed by atoms with Gasteiger partial charge in [0.25, 0.3) is 0 Å². The fraction of sp³-hybridized carbons (Fsp3) is 0.750. The summed E-state index contributed by atoms with van der Waals surface area (Å²) in [7, 11) is 0. The Kier molecular flexibility index (Phi) is 2.75. The summed E-state index contributed by atoms with van der Waals surface area (Å²) in [6, 6.07) is 0.577. The molecular weight excluding hydrogens is 184 g/mol. The fourth-order valence-electron chi connectivity index (χ4n) is 1.50. The molecule has 72 valence electrons. The molecule has 2 heterocycles. The molecule has 0 spiro atoms. The van der Waals surface area contributed by atoms with Crippen molar-refractivity contribution in [1.29, 1.82) is 0 Å². The number of rotatable bonds is 2. The minimum Gasteiger partial charge on any atom is -0.357 e. The highest BCUT2D eigenvalue weighted by Crippen LogP contribution is 2.15. The monoisotopic (exact) mass is 198 g/mol. The van der Waals surface area contributed by atoms with Gasteiger partial charge in [0.15, 0.2) is 0 Å². The summed E-state index contributed by atoms with van der Waals surface area (Å²) in [4.78, 5) is 4.28. The highest BCUT2D eigenvalue weighted by Gasteiger charge is 2.13. The second kappa shape index (κ2) is 4.02. The summed E-state index contributed by atoms with van der Waals surface area (Å²) < 4.78 is 4.13. The third-order valence-corrected chi connectivity index (χ3v) is 2.93. The predicted molar refractivity (Wildman–Crippen MR) is 54.2 cm³/mol. The van der Waals surface area contributed by atoms with Crippen molar-refractivity contribution in [3.05, 3.63) is 5.82 Å². The number of piperidine rings is 1. The molecule has 1 aromatic rings. The summed E-state index contributed by atoms with van der Waals surface area (Å²) in [6.07, 6.45) is 2.36. The van der Waals surface area contributed by atoms with Crippen LogP contribution in [0, 0.1) is 6.92 Å². The van der Waals surface area contributed by atoms with Crippen molar-refractivity contribution in [1.82, 2.24) is 14.7 Å². The van der Waals surface area contributed by atoms with Gasteiger partial charge in [0.1, 0.15) is 5.82 Å². The molecule has 1 fully saturated rings. The third kappa shape index (κ3) is 2.38. The van der Waals surface area contributed by atoms with E-state index in [0.717, 1.165) is 24.0 Å². The van der Waals surface area contributed by atoms with Crippen LogP contribution in [0.1, 0.15) is 18.7 Å². The van der Waals surface area contributed by atoms with E-state index in [1.54, 1.807) is 0 Å².